The van der Waals surface area contributed by atoms with E-state index in [0.717, 1.165) is 24.5 Å². The zero-order valence-corrected chi connectivity index (χ0v) is 12.6. The Balaban J connectivity index is 1.36. The topological polar surface area (TPSA) is 50.2 Å². The van der Waals surface area contributed by atoms with E-state index in [1.807, 2.05) is 17.0 Å². The van der Waals surface area contributed by atoms with E-state index in [9.17, 15) is 4.79 Å². The van der Waals surface area contributed by atoms with Gasteiger partial charge in [0.05, 0.1) is 12.2 Å². The van der Waals surface area contributed by atoms with Gasteiger partial charge in [0.25, 0.3) is 0 Å². The molecule has 1 aromatic carbocycles. The van der Waals surface area contributed by atoms with Gasteiger partial charge in [-0.2, -0.15) is 0 Å². The highest BCUT2D eigenvalue weighted by Gasteiger charge is 2.22. The van der Waals surface area contributed by atoms with Crippen molar-refractivity contribution in [1.82, 2.24) is 19.8 Å². The predicted octanol–water partition coefficient (Wildman–Crippen LogP) is 2.44. The number of aromatic nitrogens is 2. The van der Waals surface area contributed by atoms with E-state index >= 15 is 0 Å². The molecular weight excluding hydrogens is 276 g/mol. The number of imidazole rings is 1. The summed E-state index contributed by atoms with van der Waals surface area (Å²) in [6.45, 7) is 2.95. The molecule has 1 N–H and O–H groups in total. The standard InChI is InChI=1S/C17H20N4O/c22-17(21-10-13-5-1-2-6-14(13)11-21)18-9-15-12-20-8-4-3-7-16(20)19-15/h1-2,5-6,12H,3-4,7-11H2,(H,18,22). The summed E-state index contributed by atoms with van der Waals surface area (Å²) in [5.41, 5.74) is 3.45. The monoisotopic (exact) mass is 296 g/mol. The van der Waals surface area contributed by atoms with Crippen molar-refractivity contribution >= 4 is 6.03 Å². The molecule has 5 nitrogen and oxygen atoms in total. The van der Waals surface area contributed by atoms with E-state index < -0.39 is 0 Å². The Morgan fingerprint density at radius 3 is 2.68 bits per heavy atom. The summed E-state index contributed by atoms with van der Waals surface area (Å²) in [5, 5.41) is 3.00. The Morgan fingerprint density at radius 1 is 1.18 bits per heavy atom. The Morgan fingerprint density at radius 2 is 1.95 bits per heavy atom. The molecule has 2 amide bonds. The summed E-state index contributed by atoms with van der Waals surface area (Å²) < 4.78 is 2.22. The molecule has 0 bridgehead atoms. The minimum Gasteiger partial charge on any atom is -0.335 e. The third kappa shape index (κ3) is 2.47. The fourth-order valence-corrected chi connectivity index (χ4v) is 3.31. The first-order chi connectivity index (χ1) is 10.8. The molecule has 22 heavy (non-hydrogen) atoms. The average molecular weight is 296 g/mol. The van der Waals surface area contributed by atoms with Crippen LogP contribution in [0.4, 0.5) is 4.79 Å². The number of urea groups is 1. The molecule has 0 unspecified atom stereocenters. The third-order valence-electron chi connectivity index (χ3n) is 4.51. The highest BCUT2D eigenvalue weighted by atomic mass is 16.2. The minimum atomic E-state index is -0.0119. The molecule has 0 spiro atoms. The van der Waals surface area contributed by atoms with Crippen molar-refractivity contribution in [3.63, 3.8) is 0 Å². The Bertz CT molecular complexity index is 658. The molecule has 0 radical (unpaired) electrons. The summed E-state index contributed by atoms with van der Waals surface area (Å²) in [5.74, 6) is 1.16. The van der Waals surface area contributed by atoms with Crippen LogP contribution in [0.5, 0.6) is 0 Å². The van der Waals surface area contributed by atoms with Gasteiger partial charge in [0.15, 0.2) is 0 Å². The second kappa shape index (κ2) is 5.48. The van der Waals surface area contributed by atoms with Crippen LogP contribution in [0, 0.1) is 0 Å². The zero-order chi connectivity index (χ0) is 14.9. The Hall–Kier alpha value is -2.30. The van der Waals surface area contributed by atoms with Crippen molar-refractivity contribution in [1.29, 1.82) is 0 Å². The van der Waals surface area contributed by atoms with Crippen molar-refractivity contribution in [2.45, 2.75) is 45.4 Å². The van der Waals surface area contributed by atoms with Crippen LogP contribution in [-0.4, -0.2) is 20.5 Å². The molecule has 0 saturated heterocycles. The van der Waals surface area contributed by atoms with E-state index in [4.69, 9.17) is 0 Å². The lowest BCUT2D eigenvalue weighted by atomic mass is 10.1. The van der Waals surface area contributed by atoms with Crippen LogP contribution in [0.3, 0.4) is 0 Å². The average Bonchev–Trinajstić information content (AvgIpc) is 3.15. The molecule has 0 atom stereocenters. The van der Waals surface area contributed by atoms with Gasteiger partial charge in [0, 0.05) is 32.3 Å². The molecular formula is C17H20N4O. The number of hydrogen-bond acceptors (Lipinski definition) is 2. The smallest absolute Gasteiger partial charge is 0.318 e. The molecule has 0 aliphatic carbocycles. The Kier molecular flexibility index (Phi) is 3.33. The molecule has 1 aromatic heterocycles. The second-order valence-electron chi connectivity index (χ2n) is 6.08. The lowest BCUT2D eigenvalue weighted by molar-refractivity contribution is 0.198. The normalized spacial score (nSPS) is 16.3. The van der Waals surface area contributed by atoms with Gasteiger partial charge in [-0.15, -0.1) is 0 Å². The van der Waals surface area contributed by atoms with E-state index in [2.05, 4.69) is 33.2 Å². The van der Waals surface area contributed by atoms with E-state index in [0.29, 0.717) is 19.6 Å². The van der Waals surface area contributed by atoms with Crippen molar-refractivity contribution in [2.24, 2.45) is 0 Å². The highest BCUT2D eigenvalue weighted by molar-refractivity contribution is 5.75. The number of aryl methyl sites for hydroxylation is 2. The molecule has 0 fully saturated rings. The molecule has 114 valence electrons. The SMILES string of the molecule is O=C(NCc1cn2c(n1)CCCC2)N1Cc2ccccc2C1. The maximum absolute atomic E-state index is 12.3. The molecule has 5 heteroatoms. The van der Waals surface area contributed by atoms with Crippen LogP contribution < -0.4 is 5.32 Å². The van der Waals surface area contributed by atoms with E-state index in [1.165, 1.54) is 24.0 Å². The second-order valence-corrected chi connectivity index (χ2v) is 6.08. The van der Waals surface area contributed by atoms with Crippen molar-refractivity contribution in [3.05, 3.63) is 53.1 Å². The number of amides is 2. The van der Waals surface area contributed by atoms with E-state index in [-0.39, 0.29) is 6.03 Å². The summed E-state index contributed by atoms with van der Waals surface area (Å²) in [6.07, 6.45) is 5.57. The molecule has 2 aliphatic rings. The zero-order valence-electron chi connectivity index (χ0n) is 12.6. The van der Waals surface area contributed by atoms with Crippen molar-refractivity contribution in [2.75, 3.05) is 0 Å². The van der Waals surface area contributed by atoms with Crippen molar-refractivity contribution < 1.29 is 4.79 Å². The lowest BCUT2D eigenvalue weighted by Crippen LogP contribution is -2.36. The van der Waals surface area contributed by atoms with Crippen LogP contribution in [0.25, 0.3) is 0 Å². The maximum Gasteiger partial charge on any atom is 0.318 e. The minimum absolute atomic E-state index is 0.0119. The number of carbonyl (C=O) groups excluding carboxylic acids is 1. The van der Waals surface area contributed by atoms with E-state index in [1.54, 1.807) is 0 Å². The summed E-state index contributed by atoms with van der Waals surface area (Å²) in [7, 11) is 0. The van der Waals surface area contributed by atoms with Gasteiger partial charge < -0.3 is 14.8 Å². The fourth-order valence-electron chi connectivity index (χ4n) is 3.31. The van der Waals surface area contributed by atoms with Gasteiger partial charge in [0.2, 0.25) is 0 Å². The number of carbonyl (C=O) groups is 1. The Labute approximate surface area is 130 Å². The molecule has 0 saturated carbocycles. The quantitative estimate of drug-likeness (QED) is 0.925. The van der Waals surface area contributed by atoms with Gasteiger partial charge >= 0.3 is 6.03 Å². The van der Waals surface area contributed by atoms with Gasteiger partial charge in [-0.3, -0.25) is 0 Å². The van der Waals surface area contributed by atoms with Crippen LogP contribution >= 0.6 is 0 Å². The third-order valence-corrected chi connectivity index (χ3v) is 4.51. The maximum atomic E-state index is 12.3. The number of benzene rings is 1. The summed E-state index contributed by atoms with van der Waals surface area (Å²) in [4.78, 5) is 18.8. The van der Waals surface area contributed by atoms with Crippen LogP contribution in [0.15, 0.2) is 30.5 Å². The van der Waals surface area contributed by atoms with Crippen LogP contribution in [-0.2, 0) is 32.6 Å². The largest absolute Gasteiger partial charge is 0.335 e. The summed E-state index contributed by atoms with van der Waals surface area (Å²) >= 11 is 0. The van der Waals surface area contributed by atoms with Gasteiger partial charge in [0.1, 0.15) is 5.82 Å². The molecule has 2 aliphatic heterocycles. The molecule has 3 heterocycles. The first kappa shape index (κ1) is 13.4. The number of rotatable bonds is 2. The first-order valence-electron chi connectivity index (χ1n) is 7.94. The van der Waals surface area contributed by atoms with Gasteiger partial charge in [-0.05, 0) is 24.0 Å². The molecule has 2 aromatic rings. The number of hydrogen-bond donors (Lipinski definition) is 1. The number of nitrogens with one attached hydrogen (secondary N) is 1. The fraction of sp³-hybridized carbons (Fsp3) is 0.412. The molecule has 4 rings (SSSR count). The van der Waals surface area contributed by atoms with Crippen molar-refractivity contribution in [3.8, 4) is 0 Å². The predicted molar refractivity (Wildman–Crippen MR) is 83.1 cm³/mol. The van der Waals surface area contributed by atoms with Crippen LogP contribution in [0.2, 0.25) is 0 Å². The number of nitrogens with zero attached hydrogens (tertiary/aromatic N) is 3. The highest BCUT2D eigenvalue weighted by Crippen LogP contribution is 2.22. The summed E-state index contributed by atoms with van der Waals surface area (Å²) in [6, 6.07) is 8.21. The number of fused-ring (bicyclic) bond motifs is 2. The van der Waals surface area contributed by atoms with Crippen LogP contribution in [0.1, 0.15) is 35.5 Å². The van der Waals surface area contributed by atoms with Gasteiger partial charge in [-0.1, -0.05) is 24.3 Å². The van der Waals surface area contributed by atoms with Gasteiger partial charge in [-0.25, -0.2) is 9.78 Å². The first-order valence-corrected chi connectivity index (χ1v) is 7.94. The lowest BCUT2D eigenvalue weighted by Gasteiger charge is -2.15.